The molecule has 2 aromatic carbocycles. The average molecular weight is 411 g/mol. The summed E-state index contributed by atoms with van der Waals surface area (Å²) in [5.41, 5.74) is 1.91. The van der Waals surface area contributed by atoms with Gasteiger partial charge in [-0.1, -0.05) is 6.07 Å². The number of nitrogens with zero attached hydrogens (tertiary/aromatic N) is 3. The first-order chi connectivity index (χ1) is 14.0. The maximum Gasteiger partial charge on any atom is 0.270 e. The fourth-order valence-corrected chi connectivity index (χ4v) is 3.46. The lowest BCUT2D eigenvalue weighted by Gasteiger charge is -2.23. The van der Waals surface area contributed by atoms with Crippen LogP contribution in [0, 0.1) is 10.1 Å². The van der Waals surface area contributed by atoms with Crippen LogP contribution in [0.5, 0.6) is 11.5 Å². The van der Waals surface area contributed by atoms with Crippen molar-refractivity contribution in [2.75, 3.05) is 6.26 Å². The average Bonchev–Trinajstić information content (AvgIpc) is 2.71. The van der Waals surface area contributed by atoms with Crippen molar-refractivity contribution in [3.63, 3.8) is 0 Å². The van der Waals surface area contributed by atoms with Gasteiger partial charge in [-0.25, -0.2) is 0 Å². The van der Waals surface area contributed by atoms with E-state index in [-0.39, 0.29) is 23.7 Å². The number of rotatable bonds is 8. The topological polar surface area (TPSA) is 99.7 Å². The number of hydrogen-bond acceptors (Lipinski definition) is 7. The zero-order chi connectivity index (χ0) is 20.8. The summed E-state index contributed by atoms with van der Waals surface area (Å²) in [6, 6.07) is 15.0. The molecule has 0 spiro atoms. The van der Waals surface area contributed by atoms with Crippen molar-refractivity contribution in [2.45, 2.75) is 24.5 Å². The summed E-state index contributed by atoms with van der Waals surface area (Å²) >= 11 is 1.58. The molecule has 0 fully saturated rings. The van der Waals surface area contributed by atoms with Gasteiger partial charge < -0.3 is 10.2 Å². The van der Waals surface area contributed by atoms with Crippen LogP contribution >= 0.6 is 11.8 Å². The van der Waals surface area contributed by atoms with Crippen molar-refractivity contribution in [2.24, 2.45) is 0 Å². The number of pyridine rings is 1. The number of aromatic hydroxyl groups is 2. The Bertz CT molecular complexity index is 998. The molecule has 0 amide bonds. The highest BCUT2D eigenvalue weighted by atomic mass is 32.2. The second kappa shape index (κ2) is 9.40. The summed E-state index contributed by atoms with van der Waals surface area (Å²) in [7, 11) is 0. The Kier molecular flexibility index (Phi) is 6.69. The van der Waals surface area contributed by atoms with E-state index in [4.69, 9.17) is 0 Å². The smallest absolute Gasteiger partial charge is 0.270 e. The summed E-state index contributed by atoms with van der Waals surface area (Å²) in [5, 5.41) is 31.6. The van der Waals surface area contributed by atoms with E-state index in [1.807, 2.05) is 41.5 Å². The van der Waals surface area contributed by atoms with Gasteiger partial charge in [0, 0.05) is 54.0 Å². The Morgan fingerprint density at radius 1 is 1.00 bits per heavy atom. The van der Waals surface area contributed by atoms with Crippen molar-refractivity contribution >= 4 is 17.4 Å². The maximum atomic E-state index is 11.1. The molecule has 150 valence electrons. The third-order valence-corrected chi connectivity index (χ3v) is 5.19. The van der Waals surface area contributed by atoms with Crippen molar-refractivity contribution in [3.05, 3.63) is 87.7 Å². The van der Waals surface area contributed by atoms with Gasteiger partial charge in [0.25, 0.3) is 5.69 Å². The van der Waals surface area contributed by atoms with Crippen LogP contribution in [-0.4, -0.2) is 31.3 Å². The molecule has 0 aliphatic rings. The van der Waals surface area contributed by atoms with E-state index in [0.717, 1.165) is 16.2 Å². The molecule has 8 heteroatoms. The van der Waals surface area contributed by atoms with Crippen molar-refractivity contribution in [1.29, 1.82) is 0 Å². The zero-order valence-electron chi connectivity index (χ0n) is 15.9. The normalized spacial score (nSPS) is 11.0. The highest BCUT2D eigenvalue weighted by Gasteiger charge is 2.16. The number of nitro groups is 1. The molecule has 2 N–H and O–H groups in total. The van der Waals surface area contributed by atoms with E-state index in [2.05, 4.69) is 4.98 Å². The van der Waals surface area contributed by atoms with Crippen LogP contribution in [0.15, 0.2) is 65.7 Å². The van der Waals surface area contributed by atoms with Gasteiger partial charge in [0.15, 0.2) is 0 Å². The van der Waals surface area contributed by atoms with Gasteiger partial charge in [-0.3, -0.25) is 20.0 Å². The fraction of sp³-hybridized carbons (Fsp3) is 0.190. The van der Waals surface area contributed by atoms with E-state index in [1.165, 1.54) is 18.2 Å². The van der Waals surface area contributed by atoms with E-state index in [1.54, 1.807) is 24.0 Å². The molecule has 0 bridgehead atoms. The molecule has 0 unspecified atom stereocenters. The first-order valence-electron chi connectivity index (χ1n) is 8.90. The van der Waals surface area contributed by atoms with Crippen molar-refractivity contribution < 1.29 is 15.1 Å². The predicted molar refractivity (Wildman–Crippen MR) is 112 cm³/mol. The van der Waals surface area contributed by atoms with Crippen molar-refractivity contribution in [3.8, 4) is 11.5 Å². The number of thioether (sulfide) groups is 1. The first-order valence-corrected chi connectivity index (χ1v) is 10.1. The lowest BCUT2D eigenvalue weighted by molar-refractivity contribution is -0.385. The van der Waals surface area contributed by atoms with Gasteiger partial charge in [0.05, 0.1) is 10.6 Å². The number of aromatic nitrogens is 1. The van der Waals surface area contributed by atoms with E-state index < -0.39 is 4.92 Å². The Morgan fingerprint density at radius 3 is 2.31 bits per heavy atom. The first kappa shape index (κ1) is 20.6. The largest absolute Gasteiger partial charge is 0.508 e. The molecule has 0 aliphatic heterocycles. The Hall–Kier alpha value is -3.10. The molecule has 3 aromatic rings. The van der Waals surface area contributed by atoms with Gasteiger partial charge in [0.1, 0.15) is 11.5 Å². The number of non-ortho nitro benzene ring substituents is 1. The second-order valence-corrected chi connectivity index (χ2v) is 7.41. The summed E-state index contributed by atoms with van der Waals surface area (Å²) in [4.78, 5) is 18.0. The zero-order valence-corrected chi connectivity index (χ0v) is 16.7. The quantitative estimate of drug-likeness (QED) is 0.323. The molecule has 3 rings (SSSR count). The van der Waals surface area contributed by atoms with E-state index >= 15 is 0 Å². The highest BCUT2D eigenvalue weighted by Crippen LogP contribution is 2.28. The van der Waals surface area contributed by atoms with Crippen LogP contribution in [0.1, 0.15) is 16.8 Å². The monoisotopic (exact) mass is 411 g/mol. The molecule has 0 saturated heterocycles. The molecule has 1 aromatic heterocycles. The Morgan fingerprint density at radius 2 is 1.69 bits per heavy atom. The minimum absolute atomic E-state index is 0.0105. The van der Waals surface area contributed by atoms with Gasteiger partial charge in [-0.15, -0.1) is 11.8 Å². The van der Waals surface area contributed by atoms with Gasteiger partial charge in [-0.05, 0) is 42.7 Å². The lowest BCUT2D eigenvalue weighted by atomic mass is 10.1. The lowest BCUT2D eigenvalue weighted by Crippen LogP contribution is -2.23. The van der Waals surface area contributed by atoms with Crippen LogP contribution in [0.25, 0.3) is 0 Å². The summed E-state index contributed by atoms with van der Waals surface area (Å²) in [6.07, 6.45) is 3.66. The number of nitro benzene ring substituents is 1. The third-order valence-electron chi connectivity index (χ3n) is 4.46. The van der Waals surface area contributed by atoms with E-state index in [0.29, 0.717) is 18.7 Å². The summed E-state index contributed by atoms with van der Waals surface area (Å²) in [5.74, 6) is 0.167. The van der Waals surface area contributed by atoms with Gasteiger partial charge in [-0.2, -0.15) is 0 Å². The molecule has 0 saturated carbocycles. The number of hydrogen-bond donors (Lipinski definition) is 2. The second-order valence-electron chi connectivity index (χ2n) is 6.53. The fourth-order valence-electron chi connectivity index (χ4n) is 3.00. The highest BCUT2D eigenvalue weighted by molar-refractivity contribution is 7.98. The molecular formula is C21H21N3O4S. The summed E-state index contributed by atoms with van der Waals surface area (Å²) < 4.78 is 0. The van der Waals surface area contributed by atoms with Crippen LogP contribution in [0.3, 0.4) is 0 Å². The Balaban J connectivity index is 1.91. The molecule has 0 radical (unpaired) electrons. The van der Waals surface area contributed by atoms with Gasteiger partial charge in [0.2, 0.25) is 0 Å². The molecule has 1 heterocycles. The predicted octanol–water partition coefficient (Wildman–Crippen LogP) is 4.33. The van der Waals surface area contributed by atoms with E-state index in [9.17, 15) is 20.3 Å². The standard InChI is InChI=1S/C21H21N3O4S/c1-29-19-6-8-21(26)16(11-19)13-23(14-17-4-2-3-9-22-17)12-15-10-18(24(27)28)5-7-20(15)25/h2-11,25-26H,12-14H2,1H3. The summed E-state index contributed by atoms with van der Waals surface area (Å²) in [6.45, 7) is 1.10. The Labute approximate surface area is 172 Å². The number of phenols is 2. The van der Waals surface area contributed by atoms with Crippen molar-refractivity contribution in [1.82, 2.24) is 9.88 Å². The molecule has 0 atom stereocenters. The number of benzene rings is 2. The van der Waals surface area contributed by atoms with Gasteiger partial charge >= 0.3 is 0 Å². The van der Waals surface area contributed by atoms with Crippen LogP contribution in [0.4, 0.5) is 5.69 Å². The van der Waals surface area contributed by atoms with Crippen LogP contribution < -0.4 is 0 Å². The third kappa shape index (κ3) is 5.46. The molecular weight excluding hydrogens is 390 g/mol. The number of phenolic OH excluding ortho intramolecular Hbond substituents is 2. The molecule has 29 heavy (non-hydrogen) atoms. The molecule has 0 aliphatic carbocycles. The van der Waals surface area contributed by atoms with Crippen LogP contribution in [0.2, 0.25) is 0 Å². The SMILES string of the molecule is CSc1ccc(O)c(CN(Cc2ccccn2)Cc2cc([N+](=O)[O-])ccc2O)c1. The molecule has 7 nitrogen and oxygen atoms in total. The maximum absolute atomic E-state index is 11.1. The minimum Gasteiger partial charge on any atom is -0.508 e. The van der Waals surface area contributed by atoms with Crippen LogP contribution in [-0.2, 0) is 19.6 Å². The minimum atomic E-state index is -0.486.